The third-order valence-corrected chi connectivity index (χ3v) is 2.78. The van der Waals surface area contributed by atoms with Crippen molar-refractivity contribution < 1.29 is 0 Å². The van der Waals surface area contributed by atoms with Gasteiger partial charge in [0.1, 0.15) is 0 Å². The lowest BCUT2D eigenvalue weighted by molar-refractivity contribution is 0.246. The standard InChI is InChI=1S/C9H17N5/c1-13-11-6-8(12-13)7-14-4-2-3-9(14)5-10/h6,9H,2-5,7,10H2,1H3. The van der Waals surface area contributed by atoms with E-state index in [2.05, 4.69) is 15.1 Å². The first-order valence-electron chi connectivity index (χ1n) is 5.09. The van der Waals surface area contributed by atoms with Crippen molar-refractivity contribution in [2.24, 2.45) is 12.8 Å². The van der Waals surface area contributed by atoms with Crippen molar-refractivity contribution in [2.75, 3.05) is 13.1 Å². The van der Waals surface area contributed by atoms with Crippen molar-refractivity contribution >= 4 is 0 Å². The smallest absolute Gasteiger partial charge is 0.0967 e. The molecular weight excluding hydrogens is 178 g/mol. The number of nitrogens with two attached hydrogens (primary N) is 1. The van der Waals surface area contributed by atoms with E-state index in [0.29, 0.717) is 6.04 Å². The Kier molecular flexibility index (Phi) is 2.79. The Morgan fingerprint density at radius 3 is 3.14 bits per heavy atom. The van der Waals surface area contributed by atoms with Crippen LogP contribution in [-0.2, 0) is 13.6 Å². The van der Waals surface area contributed by atoms with Crippen molar-refractivity contribution in [3.63, 3.8) is 0 Å². The summed E-state index contributed by atoms with van der Waals surface area (Å²) in [6, 6.07) is 0.539. The van der Waals surface area contributed by atoms with E-state index in [1.807, 2.05) is 13.2 Å². The molecule has 0 saturated carbocycles. The molecule has 1 aromatic rings. The van der Waals surface area contributed by atoms with E-state index in [4.69, 9.17) is 5.73 Å². The summed E-state index contributed by atoms with van der Waals surface area (Å²) in [5, 5.41) is 8.32. The van der Waals surface area contributed by atoms with Gasteiger partial charge in [0.05, 0.1) is 11.9 Å². The SMILES string of the molecule is Cn1ncc(CN2CCCC2CN)n1. The molecule has 2 N–H and O–H groups in total. The molecule has 2 heterocycles. The lowest BCUT2D eigenvalue weighted by Crippen LogP contribution is -2.34. The maximum absolute atomic E-state index is 5.70. The molecule has 1 fully saturated rings. The Labute approximate surface area is 83.9 Å². The quantitative estimate of drug-likeness (QED) is 0.722. The first-order chi connectivity index (χ1) is 6.79. The minimum atomic E-state index is 0.539. The fraction of sp³-hybridized carbons (Fsp3) is 0.778. The van der Waals surface area contributed by atoms with Gasteiger partial charge in [-0.15, -0.1) is 0 Å². The molecule has 1 aliphatic rings. The fourth-order valence-corrected chi connectivity index (χ4v) is 2.04. The summed E-state index contributed by atoms with van der Waals surface area (Å²) in [5.74, 6) is 0. The third kappa shape index (κ3) is 1.93. The number of rotatable bonds is 3. The van der Waals surface area contributed by atoms with Crippen LogP contribution in [0.5, 0.6) is 0 Å². The second-order valence-electron chi connectivity index (χ2n) is 3.83. The van der Waals surface area contributed by atoms with E-state index in [1.54, 1.807) is 4.80 Å². The molecule has 1 saturated heterocycles. The predicted molar refractivity (Wildman–Crippen MR) is 53.5 cm³/mol. The Bertz CT molecular complexity index is 295. The Balaban J connectivity index is 1.96. The van der Waals surface area contributed by atoms with E-state index in [1.165, 1.54) is 12.8 Å². The van der Waals surface area contributed by atoms with Crippen LogP contribution in [0.1, 0.15) is 18.5 Å². The summed E-state index contributed by atoms with van der Waals surface area (Å²) in [6.07, 6.45) is 4.30. The second-order valence-corrected chi connectivity index (χ2v) is 3.83. The molecule has 0 aromatic carbocycles. The van der Waals surface area contributed by atoms with Gasteiger partial charge in [-0.2, -0.15) is 15.0 Å². The number of nitrogens with zero attached hydrogens (tertiary/aromatic N) is 4. The number of hydrogen-bond donors (Lipinski definition) is 1. The van der Waals surface area contributed by atoms with Crippen LogP contribution in [0, 0.1) is 0 Å². The molecule has 0 amide bonds. The van der Waals surface area contributed by atoms with Crippen LogP contribution < -0.4 is 5.73 Å². The van der Waals surface area contributed by atoms with Crippen molar-refractivity contribution in [1.29, 1.82) is 0 Å². The van der Waals surface area contributed by atoms with E-state index < -0.39 is 0 Å². The van der Waals surface area contributed by atoms with E-state index in [9.17, 15) is 0 Å². The normalized spacial score (nSPS) is 23.1. The van der Waals surface area contributed by atoms with Crippen LogP contribution in [0.3, 0.4) is 0 Å². The van der Waals surface area contributed by atoms with Crippen LogP contribution in [-0.4, -0.2) is 39.0 Å². The summed E-state index contributed by atoms with van der Waals surface area (Å²) in [7, 11) is 1.84. The average Bonchev–Trinajstić information content (AvgIpc) is 2.76. The highest BCUT2D eigenvalue weighted by atomic mass is 15.5. The van der Waals surface area contributed by atoms with E-state index in [-0.39, 0.29) is 0 Å². The van der Waals surface area contributed by atoms with Gasteiger partial charge >= 0.3 is 0 Å². The van der Waals surface area contributed by atoms with Crippen molar-refractivity contribution in [3.8, 4) is 0 Å². The van der Waals surface area contributed by atoms with Crippen LogP contribution in [0.25, 0.3) is 0 Å². The van der Waals surface area contributed by atoms with Crippen LogP contribution in [0.15, 0.2) is 6.20 Å². The molecule has 5 heteroatoms. The van der Waals surface area contributed by atoms with Gasteiger partial charge in [0.2, 0.25) is 0 Å². The lowest BCUT2D eigenvalue weighted by atomic mass is 10.2. The molecular formula is C9H17N5. The molecule has 0 aliphatic carbocycles. The summed E-state index contributed by atoms with van der Waals surface area (Å²) in [5.41, 5.74) is 6.74. The van der Waals surface area contributed by atoms with Crippen molar-refractivity contribution in [1.82, 2.24) is 19.9 Å². The molecule has 5 nitrogen and oxygen atoms in total. The lowest BCUT2D eigenvalue weighted by Gasteiger charge is -2.21. The van der Waals surface area contributed by atoms with Crippen LogP contribution in [0.4, 0.5) is 0 Å². The molecule has 0 bridgehead atoms. The Morgan fingerprint density at radius 1 is 1.64 bits per heavy atom. The van der Waals surface area contributed by atoms with Gasteiger partial charge in [-0.05, 0) is 19.4 Å². The van der Waals surface area contributed by atoms with Crippen molar-refractivity contribution in [2.45, 2.75) is 25.4 Å². The molecule has 1 aromatic heterocycles. The zero-order valence-electron chi connectivity index (χ0n) is 8.56. The highest BCUT2D eigenvalue weighted by Crippen LogP contribution is 2.17. The minimum absolute atomic E-state index is 0.539. The zero-order valence-corrected chi connectivity index (χ0v) is 8.56. The highest BCUT2D eigenvalue weighted by Gasteiger charge is 2.23. The summed E-state index contributed by atoms with van der Waals surface area (Å²) in [6.45, 7) is 2.77. The molecule has 0 spiro atoms. The maximum atomic E-state index is 5.70. The monoisotopic (exact) mass is 195 g/mol. The van der Waals surface area contributed by atoms with Gasteiger partial charge < -0.3 is 5.73 Å². The minimum Gasteiger partial charge on any atom is -0.329 e. The Morgan fingerprint density at radius 2 is 2.50 bits per heavy atom. The van der Waals surface area contributed by atoms with Gasteiger partial charge in [0, 0.05) is 26.2 Å². The first-order valence-corrected chi connectivity index (χ1v) is 5.09. The summed E-state index contributed by atoms with van der Waals surface area (Å²) >= 11 is 0. The molecule has 1 atom stereocenters. The Hall–Kier alpha value is -0.940. The molecule has 1 unspecified atom stereocenters. The first kappa shape index (κ1) is 9.61. The topological polar surface area (TPSA) is 60.0 Å². The number of aryl methyl sites for hydroxylation is 1. The molecule has 1 aliphatic heterocycles. The predicted octanol–water partition coefficient (Wildman–Crippen LogP) is -0.262. The summed E-state index contributed by atoms with van der Waals surface area (Å²) in [4.78, 5) is 3.99. The summed E-state index contributed by atoms with van der Waals surface area (Å²) < 4.78 is 0. The number of likely N-dealkylation sites (tertiary alicyclic amines) is 1. The molecule has 78 valence electrons. The van der Waals surface area contributed by atoms with E-state index in [0.717, 1.165) is 25.3 Å². The second kappa shape index (κ2) is 4.06. The van der Waals surface area contributed by atoms with Crippen LogP contribution in [0.2, 0.25) is 0 Å². The van der Waals surface area contributed by atoms with Gasteiger partial charge in [-0.1, -0.05) is 0 Å². The number of hydrogen-bond acceptors (Lipinski definition) is 4. The maximum Gasteiger partial charge on any atom is 0.0967 e. The highest BCUT2D eigenvalue weighted by molar-refractivity contribution is 4.93. The van der Waals surface area contributed by atoms with Gasteiger partial charge in [-0.3, -0.25) is 4.90 Å². The fourth-order valence-electron chi connectivity index (χ4n) is 2.04. The largest absolute Gasteiger partial charge is 0.329 e. The molecule has 0 radical (unpaired) electrons. The van der Waals surface area contributed by atoms with Crippen LogP contribution >= 0.6 is 0 Å². The van der Waals surface area contributed by atoms with Gasteiger partial charge in [0.15, 0.2) is 0 Å². The zero-order chi connectivity index (χ0) is 9.97. The van der Waals surface area contributed by atoms with E-state index >= 15 is 0 Å². The van der Waals surface area contributed by atoms with Gasteiger partial charge in [-0.25, -0.2) is 0 Å². The average molecular weight is 195 g/mol. The van der Waals surface area contributed by atoms with Gasteiger partial charge in [0.25, 0.3) is 0 Å². The third-order valence-electron chi connectivity index (χ3n) is 2.78. The molecule has 14 heavy (non-hydrogen) atoms. The number of aromatic nitrogens is 3. The molecule has 2 rings (SSSR count). The van der Waals surface area contributed by atoms with Crippen molar-refractivity contribution in [3.05, 3.63) is 11.9 Å².